The van der Waals surface area contributed by atoms with Crippen LogP contribution in [0.4, 0.5) is 4.79 Å². The number of urea groups is 1. The molecule has 4 unspecified atom stereocenters. The van der Waals surface area contributed by atoms with Crippen LogP contribution in [0.3, 0.4) is 0 Å². The summed E-state index contributed by atoms with van der Waals surface area (Å²) in [5, 5.41) is 12.3. The molecule has 0 saturated carbocycles. The molecule has 114 valence electrons. The lowest BCUT2D eigenvalue weighted by Gasteiger charge is -2.37. The number of hydrogen-bond donors (Lipinski definition) is 2. The Hall–Kier alpha value is -1.30. The van der Waals surface area contributed by atoms with Gasteiger partial charge in [0.05, 0.1) is 12.1 Å². The topological polar surface area (TPSA) is 78.9 Å². The number of ether oxygens (including phenoxy) is 1. The zero-order valence-corrected chi connectivity index (χ0v) is 12.2. The van der Waals surface area contributed by atoms with Gasteiger partial charge in [0.1, 0.15) is 6.04 Å². The van der Waals surface area contributed by atoms with Crippen molar-refractivity contribution in [1.29, 1.82) is 0 Å². The average Bonchev–Trinajstić information content (AvgIpc) is 2.83. The van der Waals surface area contributed by atoms with Crippen molar-refractivity contribution in [2.75, 3.05) is 13.2 Å². The van der Waals surface area contributed by atoms with Gasteiger partial charge in [0.15, 0.2) is 0 Å². The van der Waals surface area contributed by atoms with E-state index in [1.165, 1.54) is 4.90 Å². The van der Waals surface area contributed by atoms with E-state index in [1.807, 2.05) is 6.92 Å². The van der Waals surface area contributed by atoms with Gasteiger partial charge in [-0.25, -0.2) is 9.59 Å². The molecule has 2 N–H and O–H groups in total. The van der Waals surface area contributed by atoms with Crippen LogP contribution in [0.1, 0.15) is 39.5 Å². The fraction of sp³-hybridized carbons (Fsp3) is 0.857. The van der Waals surface area contributed by atoms with E-state index in [0.717, 1.165) is 19.3 Å². The lowest BCUT2D eigenvalue weighted by molar-refractivity contribution is -0.144. The van der Waals surface area contributed by atoms with Gasteiger partial charge >= 0.3 is 12.0 Å². The van der Waals surface area contributed by atoms with Crippen molar-refractivity contribution in [3.8, 4) is 0 Å². The molecular weight excluding hydrogens is 260 g/mol. The summed E-state index contributed by atoms with van der Waals surface area (Å²) in [4.78, 5) is 25.2. The highest BCUT2D eigenvalue weighted by Crippen LogP contribution is 2.26. The molecule has 2 aliphatic rings. The molecule has 0 aromatic rings. The standard InChI is InChI=1S/C14H24N2O4/c1-3-10-4-6-16(12(8-10)13(17)18)14(19)15-11-5-7-20-9(11)2/h9-12H,3-8H2,1-2H3,(H,15,19)(H,17,18). The largest absolute Gasteiger partial charge is 0.480 e. The van der Waals surface area contributed by atoms with E-state index in [4.69, 9.17) is 4.74 Å². The highest BCUT2D eigenvalue weighted by Gasteiger charge is 2.37. The number of nitrogens with zero attached hydrogens (tertiary/aromatic N) is 1. The molecule has 2 saturated heterocycles. The molecule has 2 aliphatic heterocycles. The molecule has 0 radical (unpaired) electrons. The van der Waals surface area contributed by atoms with E-state index >= 15 is 0 Å². The van der Waals surface area contributed by atoms with Crippen molar-refractivity contribution >= 4 is 12.0 Å². The van der Waals surface area contributed by atoms with Crippen molar-refractivity contribution < 1.29 is 19.4 Å². The van der Waals surface area contributed by atoms with Crippen LogP contribution in [0.25, 0.3) is 0 Å². The van der Waals surface area contributed by atoms with Crippen molar-refractivity contribution in [3.05, 3.63) is 0 Å². The first-order chi connectivity index (χ1) is 9.52. The minimum Gasteiger partial charge on any atom is -0.480 e. The summed E-state index contributed by atoms with van der Waals surface area (Å²) in [6.07, 6.45) is 3.18. The number of rotatable bonds is 3. The van der Waals surface area contributed by atoms with Gasteiger partial charge in [0.25, 0.3) is 0 Å². The Bertz CT molecular complexity index is 374. The quantitative estimate of drug-likeness (QED) is 0.822. The Morgan fingerprint density at radius 2 is 2.15 bits per heavy atom. The second-order valence-corrected chi connectivity index (χ2v) is 5.77. The minimum absolute atomic E-state index is 0.00425. The molecule has 0 spiro atoms. The molecule has 0 aromatic carbocycles. The summed E-state index contributed by atoms with van der Waals surface area (Å²) in [6.45, 7) is 5.16. The fourth-order valence-corrected chi connectivity index (χ4v) is 3.05. The second kappa shape index (κ2) is 6.43. The van der Waals surface area contributed by atoms with Crippen LogP contribution in [0.15, 0.2) is 0 Å². The number of carbonyl (C=O) groups excluding carboxylic acids is 1. The normalized spacial score (nSPS) is 34.0. The molecule has 6 heteroatoms. The zero-order chi connectivity index (χ0) is 14.7. The molecule has 20 heavy (non-hydrogen) atoms. The predicted molar refractivity (Wildman–Crippen MR) is 73.5 cm³/mol. The van der Waals surface area contributed by atoms with Crippen LogP contribution >= 0.6 is 0 Å². The van der Waals surface area contributed by atoms with Crippen LogP contribution in [0.5, 0.6) is 0 Å². The first-order valence-electron chi connectivity index (χ1n) is 7.44. The van der Waals surface area contributed by atoms with E-state index in [-0.39, 0.29) is 18.2 Å². The summed E-state index contributed by atoms with van der Waals surface area (Å²) >= 11 is 0. The van der Waals surface area contributed by atoms with Gasteiger partial charge < -0.3 is 20.1 Å². The Balaban J connectivity index is 1.98. The molecule has 2 fully saturated rings. The molecule has 2 rings (SSSR count). The number of carboxylic acids is 1. The summed E-state index contributed by atoms with van der Waals surface area (Å²) in [6, 6.07) is -0.985. The van der Waals surface area contributed by atoms with E-state index in [1.54, 1.807) is 0 Å². The summed E-state index contributed by atoms with van der Waals surface area (Å²) in [5.41, 5.74) is 0. The van der Waals surface area contributed by atoms with Gasteiger partial charge in [-0.15, -0.1) is 0 Å². The third-order valence-electron chi connectivity index (χ3n) is 4.52. The number of nitrogens with one attached hydrogen (secondary N) is 1. The van der Waals surface area contributed by atoms with Crippen LogP contribution in [0.2, 0.25) is 0 Å². The predicted octanol–water partition coefficient (Wildman–Crippen LogP) is 1.45. The third-order valence-corrected chi connectivity index (χ3v) is 4.52. The van der Waals surface area contributed by atoms with Crippen molar-refractivity contribution in [2.24, 2.45) is 5.92 Å². The molecule has 0 bridgehead atoms. The number of aliphatic carboxylic acids is 1. The lowest BCUT2D eigenvalue weighted by atomic mass is 9.89. The molecule has 0 aliphatic carbocycles. The van der Waals surface area contributed by atoms with Crippen molar-refractivity contribution in [3.63, 3.8) is 0 Å². The summed E-state index contributed by atoms with van der Waals surface area (Å²) in [5.74, 6) is -0.511. The number of likely N-dealkylation sites (tertiary alicyclic amines) is 1. The van der Waals surface area contributed by atoms with E-state index in [9.17, 15) is 14.7 Å². The van der Waals surface area contributed by atoms with E-state index in [2.05, 4.69) is 12.2 Å². The molecule has 0 aromatic heterocycles. The van der Waals surface area contributed by atoms with Gasteiger partial charge in [-0.05, 0) is 32.1 Å². The maximum Gasteiger partial charge on any atom is 0.326 e. The molecule has 6 nitrogen and oxygen atoms in total. The maximum absolute atomic E-state index is 12.3. The Morgan fingerprint density at radius 3 is 2.70 bits per heavy atom. The highest BCUT2D eigenvalue weighted by molar-refractivity contribution is 5.83. The Kier molecular flexibility index (Phi) is 4.86. The number of amides is 2. The van der Waals surface area contributed by atoms with Crippen molar-refractivity contribution in [1.82, 2.24) is 10.2 Å². The molecular formula is C14H24N2O4. The van der Waals surface area contributed by atoms with E-state index in [0.29, 0.717) is 25.5 Å². The first-order valence-corrected chi connectivity index (χ1v) is 7.44. The average molecular weight is 284 g/mol. The van der Waals surface area contributed by atoms with Gasteiger partial charge in [0.2, 0.25) is 0 Å². The maximum atomic E-state index is 12.3. The number of hydrogen-bond acceptors (Lipinski definition) is 3. The summed E-state index contributed by atoms with van der Waals surface area (Å²) in [7, 11) is 0. The number of piperidine rings is 1. The molecule has 2 heterocycles. The monoisotopic (exact) mass is 284 g/mol. The van der Waals surface area contributed by atoms with Crippen LogP contribution in [-0.2, 0) is 9.53 Å². The van der Waals surface area contributed by atoms with Crippen molar-refractivity contribution in [2.45, 2.75) is 57.7 Å². The van der Waals surface area contributed by atoms with Crippen LogP contribution in [-0.4, -0.2) is 53.3 Å². The number of carboxylic acid groups (broad SMARTS) is 1. The molecule has 4 atom stereocenters. The lowest BCUT2D eigenvalue weighted by Crippen LogP contribution is -2.56. The SMILES string of the molecule is CCC1CCN(C(=O)NC2CCOC2C)C(C(=O)O)C1. The Labute approximate surface area is 119 Å². The van der Waals surface area contributed by atoms with Gasteiger partial charge in [-0.1, -0.05) is 13.3 Å². The first kappa shape index (κ1) is 15.1. The highest BCUT2D eigenvalue weighted by atomic mass is 16.5. The summed E-state index contributed by atoms with van der Waals surface area (Å²) < 4.78 is 5.41. The Morgan fingerprint density at radius 1 is 1.40 bits per heavy atom. The fourth-order valence-electron chi connectivity index (χ4n) is 3.05. The van der Waals surface area contributed by atoms with Gasteiger partial charge in [0, 0.05) is 13.2 Å². The van der Waals surface area contributed by atoms with E-state index < -0.39 is 12.0 Å². The van der Waals surface area contributed by atoms with Crippen LogP contribution in [0, 0.1) is 5.92 Å². The molecule has 2 amide bonds. The smallest absolute Gasteiger partial charge is 0.326 e. The zero-order valence-electron chi connectivity index (χ0n) is 12.2. The van der Waals surface area contributed by atoms with Crippen LogP contribution < -0.4 is 5.32 Å². The third kappa shape index (κ3) is 3.23. The minimum atomic E-state index is -0.908. The second-order valence-electron chi connectivity index (χ2n) is 5.77. The number of carbonyl (C=O) groups is 2. The van der Waals surface area contributed by atoms with Gasteiger partial charge in [-0.2, -0.15) is 0 Å². The van der Waals surface area contributed by atoms with Gasteiger partial charge in [-0.3, -0.25) is 0 Å².